The van der Waals surface area contributed by atoms with Gasteiger partial charge in [-0.05, 0) is 37.5 Å². The van der Waals surface area contributed by atoms with E-state index >= 15 is 0 Å². The number of alkyl halides is 1. The molecule has 17 heavy (non-hydrogen) atoms. The van der Waals surface area contributed by atoms with Crippen LogP contribution in [-0.2, 0) is 6.42 Å². The molecule has 5 heteroatoms. The van der Waals surface area contributed by atoms with Gasteiger partial charge < -0.3 is 4.42 Å². The number of carbonyl (C=O) groups excluding carboxylic acids is 1. The van der Waals surface area contributed by atoms with Crippen LogP contribution in [0.3, 0.4) is 0 Å². The van der Waals surface area contributed by atoms with E-state index in [9.17, 15) is 9.59 Å². The number of halogens is 1. The van der Waals surface area contributed by atoms with Crippen molar-refractivity contribution in [2.45, 2.75) is 19.8 Å². The molecule has 0 unspecified atom stereocenters. The summed E-state index contributed by atoms with van der Waals surface area (Å²) in [5, 5.41) is 0. The number of rotatable bonds is 4. The summed E-state index contributed by atoms with van der Waals surface area (Å²) in [6.45, 7) is 1.48. The number of H-pyrrole nitrogens is 1. The van der Waals surface area contributed by atoms with E-state index in [1.807, 2.05) is 0 Å². The molecule has 0 fully saturated rings. The number of hydrogen-bond donors (Lipinski definition) is 1. The predicted molar refractivity (Wildman–Crippen MR) is 65.9 cm³/mol. The molecule has 0 radical (unpaired) electrons. The second-order valence-corrected chi connectivity index (χ2v) is 4.25. The minimum absolute atomic E-state index is 0.0529. The molecule has 1 N–H and O–H groups in total. The fourth-order valence-electron chi connectivity index (χ4n) is 1.78. The van der Waals surface area contributed by atoms with Crippen LogP contribution in [0.2, 0.25) is 0 Å². The molecule has 0 bridgehead atoms. The Bertz CT molecular complexity index is 612. The second kappa shape index (κ2) is 4.75. The average molecular weight is 254 g/mol. The number of oxazole rings is 1. The Kier molecular flexibility index (Phi) is 3.33. The van der Waals surface area contributed by atoms with E-state index in [1.54, 1.807) is 12.1 Å². The highest BCUT2D eigenvalue weighted by Gasteiger charge is 2.11. The molecule has 0 aliphatic rings. The van der Waals surface area contributed by atoms with Crippen LogP contribution in [0.25, 0.3) is 11.1 Å². The van der Waals surface area contributed by atoms with Crippen LogP contribution in [0.1, 0.15) is 29.3 Å². The summed E-state index contributed by atoms with van der Waals surface area (Å²) in [4.78, 5) is 25.2. The number of aromatic nitrogens is 1. The van der Waals surface area contributed by atoms with Gasteiger partial charge in [0, 0.05) is 11.4 Å². The number of benzene rings is 1. The summed E-state index contributed by atoms with van der Waals surface area (Å²) in [6.07, 6.45) is 1.49. The van der Waals surface area contributed by atoms with E-state index in [4.69, 9.17) is 16.0 Å². The number of carbonyl (C=O) groups is 1. The number of Topliss-reactive ketones (excluding diaryl/α,β-unsaturated/α-hetero) is 1. The van der Waals surface area contributed by atoms with Crippen molar-refractivity contribution >= 4 is 28.5 Å². The van der Waals surface area contributed by atoms with Gasteiger partial charge in [0.25, 0.3) is 0 Å². The van der Waals surface area contributed by atoms with Crippen molar-refractivity contribution in [3.8, 4) is 0 Å². The van der Waals surface area contributed by atoms with E-state index in [-0.39, 0.29) is 5.78 Å². The number of hydrogen-bond acceptors (Lipinski definition) is 3. The van der Waals surface area contributed by atoms with Crippen LogP contribution in [0, 0.1) is 0 Å². The molecule has 1 aromatic heterocycles. The van der Waals surface area contributed by atoms with Crippen molar-refractivity contribution < 1.29 is 9.21 Å². The van der Waals surface area contributed by atoms with Gasteiger partial charge in [0.05, 0.1) is 5.52 Å². The van der Waals surface area contributed by atoms with Gasteiger partial charge in [-0.1, -0.05) is 0 Å². The molecule has 0 aliphatic carbocycles. The molecular weight excluding hydrogens is 242 g/mol. The second-order valence-electron chi connectivity index (χ2n) is 3.87. The summed E-state index contributed by atoms with van der Waals surface area (Å²) >= 11 is 5.65. The van der Waals surface area contributed by atoms with Crippen LogP contribution in [0.4, 0.5) is 0 Å². The van der Waals surface area contributed by atoms with Crippen molar-refractivity contribution in [1.82, 2.24) is 4.98 Å². The molecule has 1 heterocycles. The summed E-state index contributed by atoms with van der Waals surface area (Å²) in [6, 6.07) is 3.36. The monoisotopic (exact) mass is 253 g/mol. The highest BCUT2D eigenvalue weighted by atomic mass is 35.5. The lowest BCUT2D eigenvalue weighted by Gasteiger charge is -2.03. The molecule has 1 aromatic carbocycles. The standard InChI is InChI=1S/C12H12ClNO3/c1-7(15)9-5-8(3-2-4-13)11-10(6-9)17-12(16)14-11/h5-6H,2-4H2,1H3,(H,14,16). The SMILES string of the molecule is CC(=O)c1cc(CCCCl)c2[nH]c(=O)oc2c1. The molecule has 0 amide bonds. The van der Waals surface area contributed by atoms with Crippen molar-refractivity contribution in [2.75, 3.05) is 5.88 Å². The zero-order chi connectivity index (χ0) is 12.4. The molecule has 0 saturated heterocycles. The number of ketones is 1. The van der Waals surface area contributed by atoms with Gasteiger partial charge in [0.2, 0.25) is 0 Å². The van der Waals surface area contributed by atoms with Gasteiger partial charge in [0.15, 0.2) is 11.4 Å². The highest BCUT2D eigenvalue weighted by molar-refractivity contribution is 6.17. The van der Waals surface area contributed by atoms with Crippen molar-refractivity contribution in [3.05, 3.63) is 33.8 Å². The van der Waals surface area contributed by atoms with Gasteiger partial charge in [0.1, 0.15) is 0 Å². The zero-order valence-corrected chi connectivity index (χ0v) is 10.1. The van der Waals surface area contributed by atoms with Crippen LogP contribution in [-0.4, -0.2) is 16.6 Å². The Balaban J connectivity index is 2.60. The molecule has 0 atom stereocenters. The van der Waals surface area contributed by atoms with Gasteiger partial charge >= 0.3 is 5.76 Å². The van der Waals surface area contributed by atoms with Crippen LogP contribution < -0.4 is 5.76 Å². The molecule has 4 nitrogen and oxygen atoms in total. The number of fused-ring (bicyclic) bond motifs is 1. The van der Waals surface area contributed by atoms with E-state index in [2.05, 4.69) is 4.98 Å². The normalized spacial score (nSPS) is 10.9. The Labute approximate surface area is 103 Å². The Hall–Kier alpha value is -1.55. The molecule has 90 valence electrons. The van der Waals surface area contributed by atoms with Crippen molar-refractivity contribution in [2.24, 2.45) is 0 Å². The first-order valence-electron chi connectivity index (χ1n) is 5.34. The first-order chi connectivity index (χ1) is 8.11. The third-order valence-corrected chi connectivity index (χ3v) is 2.87. The van der Waals surface area contributed by atoms with E-state index in [0.29, 0.717) is 29.0 Å². The Morgan fingerprint density at radius 3 is 2.88 bits per heavy atom. The third kappa shape index (κ3) is 2.42. The molecule has 2 rings (SSSR count). The van der Waals surface area contributed by atoms with Crippen molar-refractivity contribution in [1.29, 1.82) is 0 Å². The maximum atomic E-state index is 11.4. The minimum atomic E-state index is -0.507. The molecule has 0 aliphatic heterocycles. The van der Waals surface area contributed by atoms with Crippen LogP contribution in [0.15, 0.2) is 21.3 Å². The topological polar surface area (TPSA) is 63.1 Å². The third-order valence-electron chi connectivity index (χ3n) is 2.60. The summed E-state index contributed by atoms with van der Waals surface area (Å²) in [5.41, 5.74) is 2.52. The molecular formula is C12H12ClNO3. The smallest absolute Gasteiger partial charge is 0.408 e. The average Bonchev–Trinajstić information content (AvgIpc) is 2.65. The predicted octanol–water partition coefficient (Wildman–Crippen LogP) is 2.50. The highest BCUT2D eigenvalue weighted by Crippen LogP contribution is 2.20. The first-order valence-corrected chi connectivity index (χ1v) is 5.88. The van der Waals surface area contributed by atoms with E-state index in [1.165, 1.54) is 6.92 Å². The summed E-state index contributed by atoms with van der Waals surface area (Å²) in [5.74, 6) is -0.0239. The zero-order valence-electron chi connectivity index (χ0n) is 9.38. The number of aromatic amines is 1. The number of aryl methyl sites for hydroxylation is 1. The first kappa shape index (κ1) is 11.9. The van der Waals surface area contributed by atoms with Crippen molar-refractivity contribution in [3.63, 3.8) is 0 Å². The lowest BCUT2D eigenvalue weighted by atomic mass is 10.0. The van der Waals surface area contributed by atoms with E-state index < -0.39 is 5.76 Å². The Morgan fingerprint density at radius 2 is 2.24 bits per heavy atom. The maximum absolute atomic E-state index is 11.4. The summed E-state index contributed by atoms with van der Waals surface area (Å²) < 4.78 is 4.98. The van der Waals surface area contributed by atoms with Gasteiger partial charge in [-0.25, -0.2) is 4.79 Å². The van der Waals surface area contributed by atoms with Crippen LogP contribution >= 0.6 is 11.6 Å². The molecule has 2 aromatic rings. The lowest BCUT2D eigenvalue weighted by molar-refractivity contribution is 0.101. The molecule has 0 spiro atoms. The van der Waals surface area contributed by atoms with Crippen LogP contribution in [0.5, 0.6) is 0 Å². The maximum Gasteiger partial charge on any atom is 0.417 e. The van der Waals surface area contributed by atoms with E-state index in [0.717, 1.165) is 12.0 Å². The fraction of sp³-hybridized carbons (Fsp3) is 0.333. The largest absolute Gasteiger partial charge is 0.417 e. The fourth-order valence-corrected chi connectivity index (χ4v) is 1.91. The Morgan fingerprint density at radius 1 is 1.47 bits per heavy atom. The van der Waals surface area contributed by atoms with Gasteiger partial charge in [-0.2, -0.15) is 0 Å². The minimum Gasteiger partial charge on any atom is -0.408 e. The molecule has 0 saturated carbocycles. The number of nitrogens with one attached hydrogen (secondary N) is 1. The van der Waals surface area contributed by atoms with Gasteiger partial charge in [-0.3, -0.25) is 9.78 Å². The lowest BCUT2D eigenvalue weighted by Crippen LogP contribution is -1.97. The quantitative estimate of drug-likeness (QED) is 0.673. The van der Waals surface area contributed by atoms with Gasteiger partial charge in [-0.15, -0.1) is 11.6 Å². The summed E-state index contributed by atoms with van der Waals surface area (Å²) in [7, 11) is 0.